The van der Waals surface area contributed by atoms with Gasteiger partial charge in [-0.05, 0) is 99.1 Å². The lowest BCUT2D eigenvalue weighted by molar-refractivity contribution is 1.17. The molecule has 3 aromatic heterocycles. The van der Waals surface area contributed by atoms with Crippen LogP contribution in [0.1, 0.15) is 0 Å². The Bertz CT molecular complexity index is 3880. The van der Waals surface area contributed by atoms with Crippen LogP contribution in [0.5, 0.6) is 0 Å². The molecule has 0 fully saturated rings. The summed E-state index contributed by atoms with van der Waals surface area (Å²) in [5, 5.41) is 4.91. The normalized spacial score (nSPS) is 11.5. The van der Waals surface area contributed by atoms with E-state index >= 15 is 0 Å². The van der Waals surface area contributed by atoms with Gasteiger partial charge in [-0.15, -0.1) is 0 Å². The van der Waals surface area contributed by atoms with Gasteiger partial charge in [0.2, 0.25) is 0 Å². The summed E-state index contributed by atoms with van der Waals surface area (Å²) < 4.78 is 4.93. The van der Waals surface area contributed by atoms with Crippen molar-refractivity contribution in [2.24, 2.45) is 0 Å². The highest BCUT2D eigenvalue weighted by Gasteiger charge is 2.21. The minimum absolute atomic E-state index is 0.928. The maximum atomic E-state index is 5.36. The van der Waals surface area contributed by atoms with Crippen LogP contribution in [0.15, 0.2) is 261 Å². The molecular weight excluding hydrogens is 823 g/mol. The van der Waals surface area contributed by atoms with E-state index in [2.05, 4.69) is 270 Å². The Morgan fingerprint density at radius 3 is 1.21 bits per heavy atom. The summed E-state index contributed by atoms with van der Waals surface area (Å²) in [6.45, 7) is 0. The number of para-hydroxylation sites is 2. The van der Waals surface area contributed by atoms with Gasteiger partial charge in [-0.3, -0.25) is 0 Å². The standard InChI is InChI=1S/C65H43N3/c1-4-16-44(17-5-1)47-30-34-49(35-31-47)59-42-53(43-60(66-59)50-36-32-48(33-37-50)45-18-6-2-7-19-45)52-23-15-25-55(41-52)68-61-28-12-10-26-56(61)57-38-39-63-64(65(57)68)58-27-11-13-29-62(58)67(63)54-24-14-22-51(40-54)46-20-8-3-9-21-46/h1-43H. The first-order valence-corrected chi connectivity index (χ1v) is 23.3. The summed E-state index contributed by atoms with van der Waals surface area (Å²) in [6.07, 6.45) is 0. The first-order chi connectivity index (χ1) is 33.7. The number of pyridine rings is 1. The van der Waals surface area contributed by atoms with E-state index in [0.717, 1.165) is 45.0 Å². The Morgan fingerprint density at radius 2 is 0.647 bits per heavy atom. The van der Waals surface area contributed by atoms with Crippen molar-refractivity contribution in [1.82, 2.24) is 14.1 Å². The van der Waals surface area contributed by atoms with Gasteiger partial charge in [-0.1, -0.05) is 206 Å². The predicted octanol–water partition coefficient (Wildman–Crippen LogP) is 17.3. The van der Waals surface area contributed by atoms with Gasteiger partial charge >= 0.3 is 0 Å². The number of benzene rings is 10. The fraction of sp³-hybridized carbons (Fsp3) is 0. The zero-order valence-electron chi connectivity index (χ0n) is 37.2. The third kappa shape index (κ3) is 6.80. The van der Waals surface area contributed by atoms with Gasteiger partial charge in [0.25, 0.3) is 0 Å². The highest BCUT2D eigenvalue weighted by atomic mass is 15.0. The molecule has 68 heavy (non-hydrogen) atoms. The van der Waals surface area contributed by atoms with Crippen molar-refractivity contribution in [2.75, 3.05) is 0 Å². The highest BCUT2D eigenvalue weighted by Crippen LogP contribution is 2.43. The van der Waals surface area contributed by atoms with Crippen molar-refractivity contribution in [3.8, 4) is 78.4 Å². The second kappa shape index (κ2) is 16.4. The largest absolute Gasteiger partial charge is 0.309 e. The lowest BCUT2D eigenvalue weighted by Crippen LogP contribution is -1.96. The third-order valence-electron chi connectivity index (χ3n) is 13.5. The fourth-order valence-electron chi connectivity index (χ4n) is 10.3. The molecule has 0 bridgehead atoms. The minimum atomic E-state index is 0.928. The molecular formula is C65H43N3. The Balaban J connectivity index is 0.993. The molecule has 0 aliphatic carbocycles. The monoisotopic (exact) mass is 865 g/mol. The van der Waals surface area contributed by atoms with Gasteiger partial charge in [-0.25, -0.2) is 4.98 Å². The molecule has 13 rings (SSSR count). The van der Waals surface area contributed by atoms with Crippen molar-refractivity contribution in [1.29, 1.82) is 0 Å². The SMILES string of the molecule is c1ccc(-c2ccc(-c3cc(-c4cccc(-n5c6ccccc6c6ccc7c(c8ccccc8n7-c7cccc(-c8ccccc8)c7)c65)c4)cc(-c4ccc(-c5ccccc5)cc4)n3)cc2)cc1. The molecule has 0 atom stereocenters. The van der Waals surface area contributed by atoms with E-state index in [9.17, 15) is 0 Å². The quantitative estimate of drug-likeness (QED) is 0.149. The molecule has 0 saturated heterocycles. The average Bonchev–Trinajstić information content (AvgIpc) is 3.95. The fourth-order valence-corrected chi connectivity index (χ4v) is 10.3. The lowest BCUT2D eigenvalue weighted by Gasteiger charge is -2.14. The molecule has 10 aromatic carbocycles. The van der Waals surface area contributed by atoms with E-state index in [1.54, 1.807) is 0 Å². The first kappa shape index (κ1) is 39.3. The number of fused-ring (bicyclic) bond motifs is 7. The summed E-state index contributed by atoms with van der Waals surface area (Å²) in [6, 6.07) is 94.2. The Hall–Kier alpha value is -9.05. The molecule has 13 aromatic rings. The highest BCUT2D eigenvalue weighted by molar-refractivity contribution is 6.26. The number of hydrogen-bond donors (Lipinski definition) is 0. The molecule has 0 amide bonds. The zero-order chi connectivity index (χ0) is 45.0. The Labute approximate surface area is 395 Å². The summed E-state index contributed by atoms with van der Waals surface area (Å²) in [5.74, 6) is 0. The van der Waals surface area contributed by atoms with Gasteiger partial charge < -0.3 is 9.13 Å². The van der Waals surface area contributed by atoms with Crippen molar-refractivity contribution in [3.63, 3.8) is 0 Å². The molecule has 3 heterocycles. The van der Waals surface area contributed by atoms with Crippen LogP contribution in [0.2, 0.25) is 0 Å². The van der Waals surface area contributed by atoms with Crippen LogP contribution in [-0.4, -0.2) is 14.1 Å². The van der Waals surface area contributed by atoms with Crippen LogP contribution in [-0.2, 0) is 0 Å². The molecule has 0 saturated carbocycles. The van der Waals surface area contributed by atoms with Crippen LogP contribution in [0, 0.1) is 0 Å². The Morgan fingerprint density at radius 1 is 0.235 bits per heavy atom. The molecule has 0 N–H and O–H groups in total. The summed E-state index contributed by atoms with van der Waals surface area (Å²) in [4.78, 5) is 5.36. The average molecular weight is 866 g/mol. The van der Waals surface area contributed by atoms with Crippen LogP contribution < -0.4 is 0 Å². The second-order valence-corrected chi connectivity index (χ2v) is 17.5. The van der Waals surface area contributed by atoms with E-state index < -0.39 is 0 Å². The second-order valence-electron chi connectivity index (χ2n) is 17.5. The maximum absolute atomic E-state index is 5.36. The molecule has 3 nitrogen and oxygen atoms in total. The van der Waals surface area contributed by atoms with Crippen LogP contribution in [0.3, 0.4) is 0 Å². The number of rotatable bonds is 8. The van der Waals surface area contributed by atoms with E-state index in [4.69, 9.17) is 4.98 Å². The third-order valence-corrected chi connectivity index (χ3v) is 13.5. The topological polar surface area (TPSA) is 22.8 Å². The first-order valence-electron chi connectivity index (χ1n) is 23.3. The predicted molar refractivity (Wildman–Crippen MR) is 286 cm³/mol. The smallest absolute Gasteiger partial charge is 0.0715 e. The van der Waals surface area contributed by atoms with Crippen LogP contribution in [0.4, 0.5) is 0 Å². The van der Waals surface area contributed by atoms with E-state index in [1.807, 2.05) is 0 Å². The van der Waals surface area contributed by atoms with Crippen molar-refractivity contribution in [2.45, 2.75) is 0 Å². The van der Waals surface area contributed by atoms with Gasteiger partial charge in [0, 0.05) is 44.0 Å². The molecule has 318 valence electrons. The number of hydrogen-bond acceptors (Lipinski definition) is 1. The summed E-state index contributed by atoms with van der Waals surface area (Å²) in [7, 11) is 0. The molecule has 3 heteroatoms. The van der Waals surface area contributed by atoms with E-state index in [0.29, 0.717) is 0 Å². The van der Waals surface area contributed by atoms with Gasteiger partial charge in [0.05, 0.1) is 33.5 Å². The molecule has 0 unspecified atom stereocenters. The maximum Gasteiger partial charge on any atom is 0.0715 e. The van der Waals surface area contributed by atoms with E-state index in [1.165, 1.54) is 77.0 Å². The zero-order valence-corrected chi connectivity index (χ0v) is 37.2. The summed E-state index contributed by atoms with van der Waals surface area (Å²) >= 11 is 0. The minimum Gasteiger partial charge on any atom is -0.309 e. The van der Waals surface area contributed by atoms with Crippen molar-refractivity contribution < 1.29 is 0 Å². The molecule has 0 radical (unpaired) electrons. The summed E-state index contributed by atoms with van der Waals surface area (Å²) in [5.41, 5.74) is 20.3. The van der Waals surface area contributed by atoms with Crippen LogP contribution >= 0.6 is 0 Å². The van der Waals surface area contributed by atoms with Gasteiger partial charge in [0.1, 0.15) is 0 Å². The van der Waals surface area contributed by atoms with Gasteiger partial charge in [-0.2, -0.15) is 0 Å². The van der Waals surface area contributed by atoms with Crippen molar-refractivity contribution >= 4 is 43.6 Å². The Kier molecular flexibility index (Phi) is 9.50. The molecule has 0 aliphatic rings. The lowest BCUT2D eigenvalue weighted by atomic mass is 9.97. The van der Waals surface area contributed by atoms with E-state index in [-0.39, 0.29) is 0 Å². The number of aromatic nitrogens is 3. The van der Waals surface area contributed by atoms with Crippen molar-refractivity contribution in [3.05, 3.63) is 261 Å². The van der Waals surface area contributed by atoms with Gasteiger partial charge in [0.15, 0.2) is 0 Å². The molecule has 0 aliphatic heterocycles. The van der Waals surface area contributed by atoms with Crippen LogP contribution in [0.25, 0.3) is 122 Å². The molecule has 0 spiro atoms. The number of nitrogens with zero attached hydrogens (tertiary/aromatic N) is 3.